The molecule has 2 bridgehead atoms. The SMILES string of the molecule is CCCCO[C@@]12CCC(=O)[C@]3(Cc4ccccc4)Oc4c(OC)ccc5c4[C@@]31CCN(C)[C@@H]2C5.Cl. The summed E-state index contributed by atoms with van der Waals surface area (Å²) < 4.78 is 19.9. The van der Waals surface area contributed by atoms with Crippen molar-refractivity contribution in [1.29, 1.82) is 0 Å². The summed E-state index contributed by atoms with van der Waals surface area (Å²) in [4.78, 5) is 16.6. The summed E-state index contributed by atoms with van der Waals surface area (Å²) in [5.41, 5.74) is 1.65. The number of halogens is 1. The number of benzene rings is 2. The summed E-state index contributed by atoms with van der Waals surface area (Å²) in [6, 6.07) is 14.8. The molecule has 0 unspecified atom stereocenters. The molecule has 35 heavy (non-hydrogen) atoms. The van der Waals surface area contributed by atoms with Gasteiger partial charge in [0.25, 0.3) is 0 Å². The van der Waals surface area contributed by atoms with Gasteiger partial charge in [-0.3, -0.25) is 4.79 Å². The Morgan fingerprint density at radius 1 is 1.14 bits per heavy atom. The number of hydrogen-bond acceptors (Lipinski definition) is 5. The van der Waals surface area contributed by atoms with Crippen LogP contribution in [0.4, 0.5) is 0 Å². The number of piperidine rings is 1. The zero-order chi connectivity index (χ0) is 23.6. The fourth-order valence-corrected chi connectivity index (χ4v) is 7.76. The van der Waals surface area contributed by atoms with Crippen LogP contribution in [-0.2, 0) is 27.8 Å². The molecule has 2 aromatic rings. The maximum absolute atomic E-state index is 14.2. The maximum atomic E-state index is 14.2. The Kier molecular flexibility index (Phi) is 6.18. The van der Waals surface area contributed by atoms with E-state index in [9.17, 15) is 4.79 Å². The Labute approximate surface area is 214 Å². The zero-order valence-corrected chi connectivity index (χ0v) is 21.8. The predicted molar refractivity (Wildman–Crippen MR) is 138 cm³/mol. The van der Waals surface area contributed by atoms with Crippen LogP contribution in [0.2, 0.25) is 0 Å². The van der Waals surface area contributed by atoms with Gasteiger partial charge in [-0.15, -0.1) is 12.4 Å². The number of carbonyl (C=O) groups is 1. The van der Waals surface area contributed by atoms with E-state index in [1.807, 2.05) is 24.3 Å². The van der Waals surface area contributed by atoms with Crippen molar-refractivity contribution in [3.8, 4) is 11.5 Å². The first kappa shape index (κ1) is 24.6. The first-order valence-electron chi connectivity index (χ1n) is 12.8. The molecule has 1 saturated heterocycles. The van der Waals surface area contributed by atoms with Crippen LogP contribution in [0.5, 0.6) is 11.5 Å². The van der Waals surface area contributed by atoms with Gasteiger partial charge in [0.1, 0.15) is 0 Å². The van der Waals surface area contributed by atoms with Gasteiger partial charge in [-0.1, -0.05) is 49.7 Å². The molecule has 0 radical (unpaired) electrons. The molecule has 2 heterocycles. The van der Waals surface area contributed by atoms with Gasteiger partial charge in [0.2, 0.25) is 0 Å². The van der Waals surface area contributed by atoms with Gasteiger partial charge >= 0.3 is 0 Å². The molecule has 6 heteroatoms. The minimum atomic E-state index is -0.982. The average molecular weight is 498 g/mol. The number of unbranched alkanes of at least 4 members (excludes halogenated alkanes) is 1. The molecule has 2 fully saturated rings. The highest BCUT2D eigenvalue weighted by Gasteiger charge is 2.80. The molecule has 188 valence electrons. The quantitative estimate of drug-likeness (QED) is 0.509. The van der Waals surface area contributed by atoms with Crippen LogP contribution < -0.4 is 9.47 Å². The van der Waals surface area contributed by atoms with E-state index >= 15 is 0 Å². The van der Waals surface area contributed by atoms with Crippen molar-refractivity contribution < 1.29 is 19.0 Å². The fraction of sp³-hybridized carbons (Fsp3) is 0.552. The maximum Gasteiger partial charge on any atom is 0.183 e. The molecule has 0 amide bonds. The van der Waals surface area contributed by atoms with Gasteiger partial charge in [0, 0.05) is 31.1 Å². The Morgan fingerprint density at radius 3 is 2.69 bits per heavy atom. The van der Waals surface area contributed by atoms with E-state index in [1.165, 1.54) is 11.1 Å². The molecule has 1 saturated carbocycles. The van der Waals surface area contributed by atoms with Crippen molar-refractivity contribution in [1.82, 2.24) is 4.90 Å². The molecule has 0 N–H and O–H groups in total. The normalized spacial score (nSPS) is 32.4. The van der Waals surface area contributed by atoms with E-state index in [0.29, 0.717) is 19.4 Å². The fourth-order valence-electron chi connectivity index (χ4n) is 7.76. The van der Waals surface area contributed by atoms with E-state index in [4.69, 9.17) is 14.2 Å². The lowest BCUT2D eigenvalue weighted by molar-refractivity contribution is -0.231. The molecule has 6 rings (SSSR count). The summed E-state index contributed by atoms with van der Waals surface area (Å²) in [7, 11) is 3.92. The van der Waals surface area contributed by atoms with E-state index in [1.54, 1.807) is 7.11 Å². The molecule has 2 aromatic carbocycles. The van der Waals surface area contributed by atoms with E-state index in [0.717, 1.165) is 55.7 Å². The second-order valence-electron chi connectivity index (χ2n) is 10.6. The second kappa shape index (κ2) is 8.79. The number of ether oxygens (including phenoxy) is 3. The number of ketones is 1. The summed E-state index contributed by atoms with van der Waals surface area (Å²) in [6.45, 7) is 3.84. The molecular weight excluding hydrogens is 462 g/mol. The van der Waals surface area contributed by atoms with Crippen LogP contribution in [0.1, 0.15) is 55.7 Å². The highest BCUT2D eigenvalue weighted by atomic mass is 35.5. The topological polar surface area (TPSA) is 48.0 Å². The highest BCUT2D eigenvalue weighted by molar-refractivity contribution is 5.95. The minimum absolute atomic E-state index is 0. The number of methoxy groups -OCH3 is 1. The van der Waals surface area contributed by atoms with E-state index in [2.05, 4.69) is 37.1 Å². The monoisotopic (exact) mass is 497 g/mol. The molecule has 2 aliphatic heterocycles. The number of nitrogens with zero attached hydrogens (tertiary/aromatic N) is 1. The Morgan fingerprint density at radius 2 is 1.94 bits per heavy atom. The van der Waals surface area contributed by atoms with Crippen LogP contribution in [-0.4, -0.2) is 55.2 Å². The van der Waals surface area contributed by atoms with E-state index in [-0.39, 0.29) is 24.2 Å². The molecule has 0 aromatic heterocycles. The van der Waals surface area contributed by atoms with Crippen LogP contribution >= 0.6 is 12.4 Å². The molecule has 4 aliphatic rings. The van der Waals surface area contributed by atoms with Crippen molar-refractivity contribution >= 4 is 18.2 Å². The van der Waals surface area contributed by atoms with E-state index < -0.39 is 16.6 Å². The Hall–Kier alpha value is -2.08. The van der Waals surface area contributed by atoms with Crippen LogP contribution in [0, 0.1) is 0 Å². The average Bonchev–Trinajstić information content (AvgIpc) is 3.15. The smallest absolute Gasteiger partial charge is 0.183 e. The van der Waals surface area contributed by atoms with Crippen molar-refractivity contribution in [2.24, 2.45) is 0 Å². The first-order valence-corrected chi connectivity index (χ1v) is 12.8. The lowest BCUT2D eigenvalue weighted by atomic mass is 9.44. The Balaban J connectivity index is 0.00000253. The molecule has 4 atom stereocenters. The summed E-state index contributed by atoms with van der Waals surface area (Å²) >= 11 is 0. The summed E-state index contributed by atoms with van der Waals surface area (Å²) in [5.74, 6) is 1.71. The molecule has 5 nitrogen and oxygen atoms in total. The molecule has 2 aliphatic carbocycles. The number of likely N-dealkylation sites (tertiary alicyclic amines) is 1. The predicted octanol–water partition coefficient (Wildman–Crippen LogP) is 4.91. The lowest BCUT2D eigenvalue weighted by Gasteiger charge is -2.67. The van der Waals surface area contributed by atoms with Gasteiger partial charge in [0.15, 0.2) is 22.9 Å². The molecular formula is C29H36ClNO4. The summed E-state index contributed by atoms with van der Waals surface area (Å²) in [5, 5.41) is 0. The number of Topliss-reactive ketones (excluding diaryl/α,β-unsaturated/α-hetero) is 1. The van der Waals surface area contributed by atoms with Gasteiger partial charge in [-0.2, -0.15) is 0 Å². The molecule has 1 spiro atoms. The third kappa shape index (κ3) is 3.04. The number of likely N-dealkylation sites (N-methyl/N-ethyl adjacent to an activating group) is 1. The van der Waals surface area contributed by atoms with Gasteiger partial charge in [-0.25, -0.2) is 0 Å². The van der Waals surface area contributed by atoms with Crippen molar-refractivity contribution in [3.63, 3.8) is 0 Å². The number of rotatable bonds is 7. The van der Waals surface area contributed by atoms with Gasteiger partial charge in [-0.05, 0) is 56.5 Å². The Bertz CT molecular complexity index is 1120. The third-order valence-corrected chi connectivity index (χ3v) is 9.19. The zero-order valence-electron chi connectivity index (χ0n) is 21.0. The van der Waals surface area contributed by atoms with Crippen LogP contribution in [0.3, 0.4) is 0 Å². The minimum Gasteiger partial charge on any atom is -0.493 e. The highest BCUT2D eigenvalue weighted by Crippen LogP contribution is 2.70. The van der Waals surface area contributed by atoms with Gasteiger partial charge < -0.3 is 19.1 Å². The second-order valence-corrected chi connectivity index (χ2v) is 10.6. The van der Waals surface area contributed by atoms with Crippen molar-refractivity contribution in [2.75, 3.05) is 27.3 Å². The number of hydrogen-bond donors (Lipinski definition) is 0. The first-order chi connectivity index (χ1) is 16.5. The standard InChI is InChI=1S/C29H35NO4.ClH/c1-4-5-17-33-28-14-13-24(31)29(19-20-9-7-6-8-10-20)27(28)15-16-30(2)23(28)18-21-11-12-22(32-3)26(34-29)25(21)27;/h6-12,23H,4-5,13-19H2,1-3H3;1H/t23-,27-,28-,29+;/m1./s1. The summed E-state index contributed by atoms with van der Waals surface area (Å²) in [6.07, 6.45) is 5.65. The largest absolute Gasteiger partial charge is 0.493 e. The van der Waals surface area contributed by atoms with Crippen LogP contribution in [0.15, 0.2) is 42.5 Å². The van der Waals surface area contributed by atoms with Crippen molar-refractivity contribution in [3.05, 3.63) is 59.2 Å². The van der Waals surface area contributed by atoms with Crippen LogP contribution in [0.25, 0.3) is 0 Å². The third-order valence-electron chi connectivity index (χ3n) is 9.19. The number of carbonyl (C=O) groups excluding carboxylic acids is 1. The lowest BCUT2D eigenvalue weighted by Crippen LogP contribution is -2.81. The van der Waals surface area contributed by atoms with Crippen molar-refractivity contribution in [2.45, 2.75) is 74.5 Å². The van der Waals surface area contributed by atoms with Gasteiger partial charge in [0.05, 0.1) is 18.1 Å².